The van der Waals surface area contributed by atoms with Crippen LogP contribution in [-0.2, 0) is 19.6 Å². The Morgan fingerprint density at radius 2 is 1.73 bits per heavy atom. The summed E-state index contributed by atoms with van der Waals surface area (Å²) >= 11 is 0. The van der Waals surface area contributed by atoms with E-state index in [4.69, 9.17) is 0 Å². The number of fused-ring (bicyclic) bond motifs is 1. The smallest absolute Gasteiger partial charge is 0.263 e. The largest absolute Gasteiger partial charge is 0.339 e. The molecule has 9 heteroatoms. The van der Waals surface area contributed by atoms with Crippen LogP contribution in [0, 0.1) is 11.8 Å². The fourth-order valence-electron chi connectivity index (χ4n) is 4.97. The molecule has 2 amide bonds. The molecule has 2 aliphatic heterocycles. The molecular weight excluding hydrogens is 440 g/mol. The van der Waals surface area contributed by atoms with Crippen molar-refractivity contribution in [2.75, 3.05) is 26.2 Å². The summed E-state index contributed by atoms with van der Waals surface area (Å²) < 4.78 is 27.4. The topological polar surface area (TPSA) is 99.1 Å². The van der Waals surface area contributed by atoms with Crippen molar-refractivity contribution < 1.29 is 18.0 Å². The standard InChI is InChI=1S/C24H34N4O4S/c1-3-17(2)22(25-23-19-10-6-7-11-20(19)33(31,32)26-23)24(30)28-14-12-27(13-15-28)21(29)16-18-8-4-5-9-18/h6-7,10-11,17-18,22H,3-5,8-9,12-16H2,1-2H3,(H,25,26)/t17-,22-/m0/s1. The van der Waals surface area contributed by atoms with Gasteiger partial charge in [0.2, 0.25) is 11.8 Å². The third-order valence-electron chi connectivity index (χ3n) is 7.25. The Balaban J connectivity index is 1.45. The van der Waals surface area contributed by atoms with E-state index in [1.807, 2.05) is 18.7 Å². The molecule has 2 atom stereocenters. The van der Waals surface area contributed by atoms with Crippen LogP contribution in [0.3, 0.4) is 0 Å². The van der Waals surface area contributed by atoms with E-state index in [-0.39, 0.29) is 28.5 Å². The lowest BCUT2D eigenvalue weighted by atomic mass is 9.97. The van der Waals surface area contributed by atoms with E-state index in [9.17, 15) is 18.0 Å². The number of benzene rings is 1. The van der Waals surface area contributed by atoms with Gasteiger partial charge in [-0.3, -0.25) is 19.3 Å². The van der Waals surface area contributed by atoms with Crippen molar-refractivity contribution in [3.63, 3.8) is 0 Å². The van der Waals surface area contributed by atoms with Gasteiger partial charge in [-0.25, -0.2) is 8.42 Å². The number of carbonyl (C=O) groups is 2. The maximum atomic E-state index is 13.5. The van der Waals surface area contributed by atoms with Gasteiger partial charge in [0.25, 0.3) is 10.0 Å². The van der Waals surface area contributed by atoms with E-state index in [2.05, 4.69) is 9.71 Å². The van der Waals surface area contributed by atoms with Crippen LogP contribution in [0.2, 0.25) is 0 Å². The monoisotopic (exact) mass is 474 g/mol. The second-order valence-corrected chi connectivity index (χ2v) is 11.1. The number of sulfonamides is 1. The number of hydrogen-bond acceptors (Lipinski definition) is 5. The molecule has 1 aromatic rings. The second kappa shape index (κ2) is 9.83. The molecule has 180 valence electrons. The van der Waals surface area contributed by atoms with Gasteiger partial charge in [-0.1, -0.05) is 45.2 Å². The molecule has 4 rings (SSSR count). The normalized spacial score (nSPS) is 23.3. The molecule has 1 aromatic carbocycles. The molecule has 2 fully saturated rings. The van der Waals surface area contributed by atoms with Crippen molar-refractivity contribution in [3.05, 3.63) is 29.8 Å². The van der Waals surface area contributed by atoms with Gasteiger partial charge in [-0.2, -0.15) is 0 Å². The Labute approximate surface area is 196 Å². The van der Waals surface area contributed by atoms with Crippen LogP contribution in [0.4, 0.5) is 0 Å². The van der Waals surface area contributed by atoms with Crippen molar-refractivity contribution in [3.8, 4) is 0 Å². The molecule has 33 heavy (non-hydrogen) atoms. The predicted octanol–water partition coefficient (Wildman–Crippen LogP) is 2.39. The number of hydrogen-bond donors (Lipinski definition) is 1. The highest BCUT2D eigenvalue weighted by Crippen LogP contribution is 2.28. The number of nitrogens with one attached hydrogen (secondary N) is 1. The van der Waals surface area contributed by atoms with Crippen molar-refractivity contribution in [2.45, 2.75) is 63.3 Å². The Morgan fingerprint density at radius 3 is 2.39 bits per heavy atom. The first-order valence-electron chi connectivity index (χ1n) is 12.1. The predicted molar refractivity (Wildman–Crippen MR) is 126 cm³/mol. The maximum Gasteiger partial charge on any atom is 0.263 e. The number of piperazine rings is 1. The molecule has 3 aliphatic rings. The Morgan fingerprint density at radius 1 is 1.09 bits per heavy atom. The molecule has 0 radical (unpaired) electrons. The van der Waals surface area contributed by atoms with E-state index in [0.29, 0.717) is 44.1 Å². The van der Waals surface area contributed by atoms with Gasteiger partial charge < -0.3 is 9.80 Å². The van der Waals surface area contributed by atoms with E-state index in [0.717, 1.165) is 19.3 Å². The van der Waals surface area contributed by atoms with Crippen LogP contribution in [0.1, 0.15) is 57.9 Å². The highest BCUT2D eigenvalue weighted by atomic mass is 32.2. The summed E-state index contributed by atoms with van der Waals surface area (Å²) in [6, 6.07) is 6.00. The van der Waals surface area contributed by atoms with Gasteiger partial charge in [-0.15, -0.1) is 0 Å². The SMILES string of the molecule is CC[C@H](C)[C@H](N=C1NS(=O)(=O)c2ccccc21)C(=O)N1CCN(C(=O)CC2CCCC2)CC1. The minimum absolute atomic E-state index is 0.0516. The molecule has 0 spiro atoms. The van der Waals surface area contributed by atoms with Crippen LogP contribution in [-0.4, -0.2) is 68.1 Å². The van der Waals surface area contributed by atoms with Gasteiger partial charge >= 0.3 is 0 Å². The number of aliphatic imine (C=N–C) groups is 1. The lowest BCUT2D eigenvalue weighted by molar-refractivity contribution is -0.141. The third kappa shape index (κ3) is 5.08. The first kappa shape index (κ1) is 23.7. The first-order valence-corrected chi connectivity index (χ1v) is 13.5. The minimum Gasteiger partial charge on any atom is -0.339 e. The van der Waals surface area contributed by atoms with Crippen molar-refractivity contribution >= 4 is 27.7 Å². The quantitative estimate of drug-likeness (QED) is 0.684. The molecule has 1 saturated carbocycles. The van der Waals surface area contributed by atoms with E-state index >= 15 is 0 Å². The number of carbonyl (C=O) groups excluding carboxylic acids is 2. The zero-order valence-electron chi connectivity index (χ0n) is 19.5. The zero-order valence-corrected chi connectivity index (χ0v) is 20.3. The van der Waals surface area contributed by atoms with E-state index in [1.165, 1.54) is 12.8 Å². The van der Waals surface area contributed by atoms with Gasteiger partial charge in [0.15, 0.2) is 0 Å². The van der Waals surface area contributed by atoms with Crippen LogP contribution < -0.4 is 4.72 Å². The number of amidine groups is 1. The molecule has 0 unspecified atom stereocenters. The van der Waals surface area contributed by atoms with Gasteiger partial charge in [0.05, 0.1) is 4.90 Å². The molecule has 1 N–H and O–H groups in total. The summed E-state index contributed by atoms with van der Waals surface area (Å²) in [5, 5.41) is 0. The fraction of sp³-hybridized carbons (Fsp3) is 0.625. The highest BCUT2D eigenvalue weighted by molar-refractivity contribution is 7.90. The Hall–Kier alpha value is -2.42. The van der Waals surface area contributed by atoms with Crippen molar-refractivity contribution in [1.29, 1.82) is 0 Å². The summed E-state index contributed by atoms with van der Waals surface area (Å²) in [6.45, 7) is 6.00. The lowest BCUT2D eigenvalue weighted by Gasteiger charge is -2.37. The van der Waals surface area contributed by atoms with Gasteiger partial charge in [0.1, 0.15) is 11.9 Å². The summed E-state index contributed by atoms with van der Waals surface area (Å²) in [6.07, 6.45) is 6.10. The number of amides is 2. The molecule has 8 nitrogen and oxygen atoms in total. The van der Waals surface area contributed by atoms with Gasteiger partial charge in [0, 0.05) is 38.2 Å². The molecule has 1 saturated heterocycles. The van der Waals surface area contributed by atoms with Gasteiger partial charge in [-0.05, 0) is 36.8 Å². The molecule has 0 bridgehead atoms. The first-order chi connectivity index (χ1) is 15.8. The maximum absolute atomic E-state index is 13.5. The van der Waals surface area contributed by atoms with Crippen molar-refractivity contribution in [1.82, 2.24) is 14.5 Å². The second-order valence-electron chi connectivity index (χ2n) is 9.47. The fourth-order valence-corrected chi connectivity index (χ4v) is 6.21. The van der Waals surface area contributed by atoms with Crippen LogP contribution in [0.5, 0.6) is 0 Å². The summed E-state index contributed by atoms with van der Waals surface area (Å²) in [5.41, 5.74) is 0.501. The molecule has 0 aromatic heterocycles. The average molecular weight is 475 g/mol. The minimum atomic E-state index is -3.66. The van der Waals surface area contributed by atoms with Crippen LogP contribution in [0.25, 0.3) is 0 Å². The Kier molecular flexibility index (Phi) is 7.07. The number of rotatable bonds is 6. The molecule has 1 aliphatic carbocycles. The van der Waals surface area contributed by atoms with E-state index < -0.39 is 16.1 Å². The average Bonchev–Trinajstić information content (AvgIpc) is 3.42. The summed E-state index contributed by atoms with van der Waals surface area (Å²) in [4.78, 5) is 34.6. The number of nitrogens with zero attached hydrogens (tertiary/aromatic N) is 3. The zero-order chi connectivity index (χ0) is 23.6. The third-order valence-corrected chi connectivity index (χ3v) is 8.65. The van der Waals surface area contributed by atoms with Crippen LogP contribution in [0.15, 0.2) is 34.2 Å². The molecule has 2 heterocycles. The summed E-state index contributed by atoms with van der Waals surface area (Å²) in [5.74, 6) is 0.785. The Bertz CT molecular complexity index is 1020. The van der Waals surface area contributed by atoms with Crippen molar-refractivity contribution in [2.24, 2.45) is 16.8 Å². The lowest BCUT2D eigenvalue weighted by Crippen LogP contribution is -2.53. The van der Waals surface area contributed by atoms with E-state index in [1.54, 1.807) is 29.2 Å². The highest BCUT2D eigenvalue weighted by Gasteiger charge is 2.35. The van der Waals surface area contributed by atoms with Crippen LogP contribution >= 0.6 is 0 Å². The summed E-state index contributed by atoms with van der Waals surface area (Å²) in [7, 11) is -3.66. The molecular formula is C24H34N4O4S.